The van der Waals surface area contributed by atoms with Gasteiger partial charge in [-0.05, 0) is 58.9 Å². The Hall–Kier alpha value is -2.28. The SMILES string of the molecule is OPc1ccc2cc(C3CCCCCCC3)cc(-c3cccc4ccccc34)c2n1. The Bertz CT molecular complexity index is 1170. The van der Waals surface area contributed by atoms with Gasteiger partial charge in [-0.3, -0.25) is 0 Å². The van der Waals surface area contributed by atoms with Crippen molar-refractivity contribution in [3.63, 3.8) is 0 Å². The van der Waals surface area contributed by atoms with Gasteiger partial charge in [0.2, 0.25) is 0 Å². The van der Waals surface area contributed by atoms with E-state index in [0.29, 0.717) is 5.92 Å². The second-order valence-electron chi connectivity index (χ2n) is 8.52. The van der Waals surface area contributed by atoms with Crippen molar-refractivity contribution in [2.24, 2.45) is 0 Å². The van der Waals surface area contributed by atoms with E-state index in [1.165, 1.54) is 77.8 Å². The molecular formula is C27H28NOP. The molecule has 3 heteroatoms. The van der Waals surface area contributed by atoms with E-state index in [1.54, 1.807) is 0 Å². The quantitative estimate of drug-likeness (QED) is 0.364. The van der Waals surface area contributed by atoms with Crippen LogP contribution in [0.25, 0.3) is 32.8 Å². The summed E-state index contributed by atoms with van der Waals surface area (Å²) in [5.41, 5.74) is 5.63. The first-order valence-corrected chi connectivity index (χ1v) is 12.1. The van der Waals surface area contributed by atoms with Gasteiger partial charge in [0.15, 0.2) is 0 Å². The highest BCUT2D eigenvalue weighted by atomic mass is 31.1. The lowest BCUT2D eigenvalue weighted by atomic mass is 9.83. The number of hydrogen-bond acceptors (Lipinski definition) is 2. The third kappa shape index (κ3) is 3.87. The number of benzene rings is 3. The average Bonchev–Trinajstić information content (AvgIpc) is 2.77. The summed E-state index contributed by atoms with van der Waals surface area (Å²) in [6, 6.07) is 24.0. The van der Waals surface area contributed by atoms with Crippen LogP contribution >= 0.6 is 8.81 Å². The van der Waals surface area contributed by atoms with Gasteiger partial charge in [-0.25, -0.2) is 4.98 Å². The van der Waals surface area contributed by atoms with Gasteiger partial charge in [0, 0.05) is 10.9 Å². The fourth-order valence-electron chi connectivity index (χ4n) is 5.01. The summed E-state index contributed by atoms with van der Waals surface area (Å²) >= 11 is 0. The molecule has 30 heavy (non-hydrogen) atoms. The molecule has 1 unspecified atom stereocenters. The topological polar surface area (TPSA) is 33.1 Å². The molecule has 152 valence electrons. The van der Waals surface area contributed by atoms with Crippen molar-refractivity contribution in [3.05, 3.63) is 72.3 Å². The molecule has 3 aromatic carbocycles. The Kier molecular flexibility index (Phi) is 5.79. The summed E-state index contributed by atoms with van der Waals surface area (Å²) in [6.07, 6.45) is 9.34. The highest BCUT2D eigenvalue weighted by Crippen LogP contribution is 2.38. The van der Waals surface area contributed by atoms with E-state index in [-0.39, 0.29) is 8.81 Å². The van der Waals surface area contributed by atoms with Gasteiger partial charge in [0.25, 0.3) is 0 Å². The Morgan fingerprint density at radius 2 is 1.50 bits per heavy atom. The van der Waals surface area contributed by atoms with Gasteiger partial charge in [0.1, 0.15) is 0 Å². The first-order chi connectivity index (χ1) is 14.8. The van der Waals surface area contributed by atoms with E-state index in [1.807, 2.05) is 6.07 Å². The molecule has 2 nitrogen and oxygen atoms in total. The minimum absolute atomic E-state index is 0.282. The van der Waals surface area contributed by atoms with E-state index < -0.39 is 0 Å². The van der Waals surface area contributed by atoms with Crippen molar-refractivity contribution in [2.75, 3.05) is 0 Å². The van der Waals surface area contributed by atoms with Crippen LogP contribution in [-0.2, 0) is 0 Å². The molecule has 1 N–H and O–H groups in total. The predicted molar refractivity (Wildman–Crippen MR) is 130 cm³/mol. The molecular weight excluding hydrogens is 385 g/mol. The van der Waals surface area contributed by atoms with Crippen molar-refractivity contribution < 1.29 is 4.89 Å². The maximum Gasteiger partial charge on any atom is 0.0880 e. The van der Waals surface area contributed by atoms with Gasteiger partial charge in [-0.1, -0.05) is 80.6 Å². The van der Waals surface area contributed by atoms with Gasteiger partial charge in [-0.15, -0.1) is 0 Å². The zero-order chi connectivity index (χ0) is 20.3. The zero-order valence-electron chi connectivity index (χ0n) is 17.3. The molecule has 0 aliphatic heterocycles. The normalized spacial score (nSPS) is 16.3. The summed E-state index contributed by atoms with van der Waals surface area (Å²) in [6.45, 7) is 0. The van der Waals surface area contributed by atoms with E-state index in [9.17, 15) is 4.89 Å². The summed E-state index contributed by atoms with van der Waals surface area (Å²) in [5.74, 6) is 0.628. The zero-order valence-corrected chi connectivity index (χ0v) is 18.3. The van der Waals surface area contributed by atoms with E-state index in [4.69, 9.17) is 4.98 Å². The van der Waals surface area contributed by atoms with E-state index >= 15 is 0 Å². The van der Waals surface area contributed by atoms with Gasteiger partial charge in [0.05, 0.1) is 19.8 Å². The predicted octanol–water partition coefficient (Wildman–Crippen LogP) is 7.09. The number of hydrogen-bond donors (Lipinski definition) is 1. The standard InChI is InChI=1S/C27H28NOP/c29-30-26-16-15-21-17-22(19-9-4-2-1-3-5-10-19)18-25(27(21)28-26)24-14-8-12-20-11-6-7-13-23(20)24/h6-8,11-19,29-30H,1-5,9-10H2. The Balaban J connectivity index is 1.73. The van der Waals surface area contributed by atoms with Gasteiger partial charge in [-0.2, -0.15) is 0 Å². The van der Waals surface area contributed by atoms with E-state index in [2.05, 4.69) is 60.7 Å². The van der Waals surface area contributed by atoms with Crippen molar-refractivity contribution in [1.82, 2.24) is 4.98 Å². The molecule has 1 aromatic heterocycles. The van der Waals surface area contributed by atoms with Crippen LogP contribution in [0.3, 0.4) is 0 Å². The number of nitrogens with zero attached hydrogens (tertiary/aromatic N) is 1. The fraction of sp³-hybridized carbons (Fsp3) is 0.296. The molecule has 1 saturated carbocycles. The highest BCUT2D eigenvalue weighted by molar-refractivity contribution is 7.40. The van der Waals surface area contributed by atoms with Crippen LogP contribution in [-0.4, -0.2) is 9.88 Å². The molecule has 0 radical (unpaired) electrons. The Morgan fingerprint density at radius 3 is 2.33 bits per heavy atom. The highest BCUT2D eigenvalue weighted by Gasteiger charge is 2.18. The van der Waals surface area contributed by atoms with Crippen LogP contribution in [0.1, 0.15) is 56.4 Å². The molecule has 0 bridgehead atoms. The smallest absolute Gasteiger partial charge is 0.0880 e. The first-order valence-electron chi connectivity index (χ1n) is 11.2. The second kappa shape index (κ2) is 8.84. The lowest BCUT2D eigenvalue weighted by Crippen LogP contribution is -2.05. The molecule has 1 aliphatic carbocycles. The van der Waals surface area contributed by atoms with Gasteiger partial charge >= 0.3 is 0 Å². The number of rotatable bonds is 3. The third-order valence-corrected chi connectivity index (χ3v) is 7.09. The molecule has 1 atom stereocenters. The van der Waals surface area contributed by atoms with Crippen LogP contribution < -0.4 is 5.44 Å². The molecule has 1 heterocycles. The molecule has 1 fully saturated rings. The first kappa shape index (κ1) is 19.7. The Labute approximate surface area is 180 Å². The summed E-state index contributed by atoms with van der Waals surface area (Å²) in [7, 11) is -0.282. The lowest BCUT2D eigenvalue weighted by molar-refractivity contribution is 0.456. The maximum atomic E-state index is 9.71. The summed E-state index contributed by atoms with van der Waals surface area (Å²) in [4.78, 5) is 14.6. The number of pyridine rings is 1. The second-order valence-corrected chi connectivity index (χ2v) is 9.25. The van der Waals surface area contributed by atoms with Crippen molar-refractivity contribution >= 4 is 35.9 Å². The minimum Gasteiger partial charge on any atom is -0.371 e. The molecule has 1 aliphatic rings. The van der Waals surface area contributed by atoms with Crippen molar-refractivity contribution in [1.29, 1.82) is 0 Å². The van der Waals surface area contributed by atoms with Crippen LogP contribution in [0.5, 0.6) is 0 Å². The minimum atomic E-state index is -0.282. The number of aromatic nitrogens is 1. The maximum absolute atomic E-state index is 9.71. The largest absolute Gasteiger partial charge is 0.371 e. The molecule has 0 amide bonds. The molecule has 4 aromatic rings. The lowest BCUT2D eigenvalue weighted by Gasteiger charge is -2.22. The average molecular weight is 414 g/mol. The third-order valence-electron chi connectivity index (χ3n) is 6.59. The van der Waals surface area contributed by atoms with Crippen LogP contribution in [0.2, 0.25) is 0 Å². The summed E-state index contributed by atoms with van der Waals surface area (Å²) < 4.78 is 0. The monoisotopic (exact) mass is 413 g/mol. The van der Waals surface area contributed by atoms with E-state index in [0.717, 1.165) is 11.0 Å². The van der Waals surface area contributed by atoms with Crippen LogP contribution in [0.4, 0.5) is 0 Å². The van der Waals surface area contributed by atoms with Gasteiger partial charge < -0.3 is 4.89 Å². The molecule has 5 rings (SSSR count). The Morgan fingerprint density at radius 1 is 0.733 bits per heavy atom. The van der Waals surface area contributed by atoms with Crippen molar-refractivity contribution in [2.45, 2.75) is 50.9 Å². The summed E-state index contributed by atoms with van der Waals surface area (Å²) in [5, 5.41) is 3.69. The van der Waals surface area contributed by atoms with Crippen LogP contribution in [0, 0.1) is 0 Å². The van der Waals surface area contributed by atoms with Crippen molar-refractivity contribution in [3.8, 4) is 11.1 Å². The number of fused-ring (bicyclic) bond motifs is 2. The fourth-order valence-corrected chi connectivity index (χ4v) is 5.33. The molecule has 0 spiro atoms. The van der Waals surface area contributed by atoms with Crippen LogP contribution in [0.15, 0.2) is 66.7 Å². The molecule has 0 saturated heterocycles.